The maximum Gasteiger partial charge on any atom is 0.355 e. The zero-order valence-corrected chi connectivity index (χ0v) is 28.4. The van der Waals surface area contributed by atoms with Crippen molar-refractivity contribution in [2.75, 3.05) is 58.0 Å². The normalized spacial score (nSPS) is 13.4. The van der Waals surface area contributed by atoms with Crippen molar-refractivity contribution in [2.24, 2.45) is 9.98 Å². The second kappa shape index (κ2) is 17.4. The molecular weight excluding hydrogens is 728 g/mol. The van der Waals surface area contributed by atoms with E-state index in [2.05, 4.69) is 36.2 Å². The summed E-state index contributed by atoms with van der Waals surface area (Å²) in [4.78, 5) is 38.8. The Morgan fingerprint density at radius 1 is 0.907 bits per heavy atom. The van der Waals surface area contributed by atoms with Crippen LogP contribution in [-0.4, -0.2) is 77.9 Å². The summed E-state index contributed by atoms with van der Waals surface area (Å²) in [6.07, 6.45) is 2.02. The summed E-state index contributed by atoms with van der Waals surface area (Å²) in [7, 11) is 1.59. The van der Waals surface area contributed by atoms with Gasteiger partial charge in [0, 0.05) is 26.2 Å². The first kappa shape index (κ1) is 34.5. The fraction of sp³-hybridized carbons (Fsp3) is 0.370. The predicted molar refractivity (Wildman–Crippen MR) is 186 cm³/mol. The number of hydrogen-bond donors (Lipinski definition) is 4. The highest BCUT2D eigenvalue weighted by Crippen LogP contribution is 2.22. The zero-order valence-electron chi connectivity index (χ0n) is 23.7. The van der Waals surface area contributed by atoms with Crippen molar-refractivity contribution < 1.29 is 4.74 Å². The Balaban J connectivity index is 0.000000556. The molecule has 2 aliphatic rings. The third-order valence-corrected chi connectivity index (χ3v) is 7.59. The van der Waals surface area contributed by atoms with Crippen LogP contribution in [0.5, 0.6) is 5.75 Å². The summed E-state index contributed by atoms with van der Waals surface area (Å²) in [5.74, 6) is 1.62. The molecule has 0 unspecified atom stereocenters. The topological polar surface area (TPSA) is 139 Å². The lowest BCUT2D eigenvalue weighted by Gasteiger charge is -2.16. The zero-order chi connectivity index (χ0) is 29.9. The summed E-state index contributed by atoms with van der Waals surface area (Å²) >= 11 is 13.8. The van der Waals surface area contributed by atoms with E-state index in [-0.39, 0.29) is 43.0 Å². The van der Waals surface area contributed by atoms with E-state index >= 15 is 0 Å². The van der Waals surface area contributed by atoms with E-state index in [4.69, 9.17) is 27.9 Å². The van der Waals surface area contributed by atoms with Gasteiger partial charge < -0.3 is 26.0 Å². The average molecular weight is 763 g/mol. The quantitative estimate of drug-likeness (QED) is 0.192. The molecule has 43 heavy (non-hydrogen) atoms. The molecule has 0 saturated heterocycles. The smallest absolute Gasteiger partial charge is 0.355 e. The molecule has 3 aromatic rings. The van der Waals surface area contributed by atoms with Gasteiger partial charge in [-0.3, -0.25) is 14.6 Å². The maximum atomic E-state index is 13.5. The molecule has 16 heteroatoms. The first-order valence-electron chi connectivity index (χ1n) is 13.2. The Labute approximate surface area is 280 Å². The second-order valence-electron chi connectivity index (χ2n) is 9.10. The number of amidine groups is 1. The number of hydrogen-bond acceptors (Lipinski definition) is 11. The van der Waals surface area contributed by atoms with Crippen molar-refractivity contribution in [1.82, 2.24) is 30.1 Å². The number of methoxy groups -OCH3 is 1. The second-order valence-corrected chi connectivity index (χ2v) is 10.7. The molecule has 0 bridgehead atoms. The summed E-state index contributed by atoms with van der Waals surface area (Å²) in [5.41, 5.74) is 0.347. The number of ether oxygens (including phenoxy) is 1. The van der Waals surface area contributed by atoms with Crippen LogP contribution < -0.4 is 37.4 Å². The van der Waals surface area contributed by atoms with E-state index in [9.17, 15) is 9.59 Å². The Bertz CT molecular complexity index is 1550. The van der Waals surface area contributed by atoms with Crippen molar-refractivity contribution in [3.05, 3.63) is 84.6 Å². The number of thioether (sulfide) groups is 1. The Morgan fingerprint density at radius 2 is 1.58 bits per heavy atom. The molecule has 0 saturated carbocycles. The summed E-state index contributed by atoms with van der Waals surface area (Å²) in [6.45, 7) is 4.68. The number of anilines is 1. The number of nitrogens with zero attached hydrogens (tertiary/aromatic N) is 5. The Hall–Kier alpha value is -2.95. The molecule has 0 radical (unpaired) electrons. The van der Waals surface area contributed by atoms with Crippen LogP contribution in [-0.2, 0) is 13.1 Å². The van der Waals surface area contributed by atoms with E-state index in [1.807, 2.05) is 30.5 Å². The van der Waals surface area contributed by atoms with Crippen molar-refractivity contribution >= 4 is 76.0 Å². The minimum atomic E-state index is -0.663. The highest BCUT2D eigenvalue weighted by Gasteiger charge is 2.15. The molecule has 12 nitrogen and oxygen atoms in total. The first-order chi connectivity index (χ1) is 20.4. The largest absolute Gasteiger partial charge is 0.497 e. The van der Waals surface area contributed by atoms with E-state index in [1.54, 1.807) is 37.1 Å². The third-order valence-electron chi connectivity index (χ3n) is 6.19. The van der Waals surface area contributed by atoms with Crippen LogP contribution in [0.15, 0.2) is 62.0 Å². The molecule has 1 aromatic heterocycles. The van der Waals surface area contributed by atoms with Crippen LogP contribution in [0.3, 0.4) is 0 Å². The molecule has 2 aliphatic heterocycles. The molecule has 0 atom stereocenters. The fourth-order valence-corrected chi connectivity index (χ4v) is 4.85. The third kappa shape index (κ3) is 10.0. The van der Waals surface area contributed by atoms with E-state index in [0.29, 0.717) is 34.4 Å². The first-order valence-corrected chi connectivity index (χ1v) is 15.2. The summed E-state index contributed by atoms with van der Waals surface area (Å²) < 4.78 is 7.72. The van der Waals surface area contributed by atoms with Gasteiger partial charge in [0.25, 0.3) is 0 Å². The van der Waals surface area contributed by atoms with Crippen LogP contribution in [0.25, 0.3) is 0 Å². The minimum Gasteiger partial charge on any atom is -0.497 e. The number of nitrogens with one attached hydrogen (secondary N) is 4. The van der Waals surface area contributed by atoms with Crippen molar-refractivity contribution in [2.45, 2.75) is 13.1 Å². The van der Waals surface area contributed by atoms with Gasteiger partial charge >= 0.3 is 11.4 Å². The van der Waals surface area contributed by atoms with Crippen LogP contribution >= 0.6 is 58.9 Å². The number of benzene rings is 2. The van der Waals surface area contributed by atoms with Gasteiger partial charge in [-0.1, -0.05) is 53.2 Å². The van der Waals surface area contributed by atoms with Gasteiger partial charge in [-0.15, -0.1) is 24.0 Å². The lowest BCUT2D eigenvalue weighted by atomic mass is 10.2. The SMILES string of the molecule is COc1ccc(Cn2c(NCCNC3=NCCN3)nc(=O)n(Cc3ccc(Cl)c(Cl)c3)c2=O)cc1.CSC1=NCCN1.I. The lowest BCUT2D eigenvalue weighted by Crippen LogP contribution is -2.44. The van der Waals surface area contributed by atoms with Gasteiger partial charge in [-0.2, -0.15) is 4.98 Å². The average Bonchev–Trinajstić information content (AvgIpc) is 3.73. The van der Waals surface area contributed by atoms with Gasteiger partial charge in [-0.25, -0.2) is 14.2 Å². The van der Waals surface area contributed by atoms with Crippen molar-refractivity contribution in [1.29, 1.82) is 0 Å². The lowest BCUT2D eigenvalue weighted by molar-refractivity contribution is 0.414. The molecule has 4 N–H and O–H groups in total. The molecule has 0 amide bonds. The molecular formula is C27H34Cl2IN9O3S. The number of aliphatic imine (C=N–C) groups is 2. The van der Waals surface area contributed by atoms with E-state index < -0.39 is 11.4 Å². The fourth-order valence-electron chi connectivity index (χ4n) is 4.06. The van der Waals surface area contributed by atoms with Gasteiger partial charge in [0.2, 0.25) is 5.95 Å². The van der Waals surface area contributed by atoms with Gasteiger partial charge in [0.05, 0.1) is 43.3 Å². The number of halogens is 3. The van der Waals surface area contributed by atoms with E-state index in [1.165, 1.54) is 4.57 Å². The molecule has 5 rings (SSSR count). The van der Waals surface area contributed by atoms with E-state index in [0.717, 1.165) is 47.4 Å². The summed E-state index contributed by atoms with van der Waals surface area (Å²) in [6, 6.07) is 12.3. The molecule has 3 heterocycles. The highest BCUT2D eigenvalue weighted by molar-refractivity contribution is 14.0. The standard InChI is InChI=1S/C23H25Cl2N7O3.C4H8N2S.HI/c1-35-17-5-2-15(3-6-17)13-31-21(29-11-10-28-20-26-8-9-27-20)30-22(33)32(23(31)34)14-16-4-7-18(24)19(25)12-16;1-7-4-5-2-3-6-4;/h2-7,12H,8-11,13-14H2,1H3,(H2,26,27,28)(H,29,30,33);2-3H2,1H3,(H,5,6);1H. The monoisotopic (exact) mass is 761 g/mol. The Kier molecular flexibility index (Phi) is 14.0. The van der Waals surface area contributed by atoms with Gasteiger partial charge in [0.1, 0.15) is 5.75 Å². The van der Waals surface area contributed by atoms with Crippen LogP contribution in [0.2, 0.25) is 10.0 Å². The molecule has 232 valence electrons. The Morgan fingerprint density at radius 3 is 2.19 bits per heavy atom. The number of rotatable bonds is 9. The van der Waals surface area contributed by atoms with Crippen LogP contribution in [0.1, 0.15) is 11.1 Å². The minimum absolute atomic E-state index is 0. The van der Waals surface area contributed by atoms with Crippen LogP contribution in [0.4, 0.5) is 5.95 Å². The van der Waals surface area contributed by atoms with Crippen LogP contribution in [0, 0.1) is 0 Å². The van der Waals surface area contributed by atoms with Crippen molar-refractivity contribution in [3.63, 3.8) is 0 Å². The molecule has 0 aliphatic carbocycles. The molecule has 2 aromatic carbocycles. The molecule has 0 fully saturated rings. The van der Waals surface area contributed by atoms with Gasteiger partial charge in [-0.05, 0) is 41.6 Å². The maximum absolute atomic E-state index is 13.5. The van der Waals surface area contributed by atoms with Gasteiger partial charge in [0.15, 0.2) is 11.1 Å². The molecule has 0 spiro atoms. The predicted octanol–water partition coefficient (Wildman–Crippen LogP) is 2.70. The number of aromatic nitrogens is 3. The number of guanidine groups is 1. The highest BCUT2D eigenvalue weighted by atomic mass is 127. The van der Waals surface area contributed by atoms with Crippen molar-refractivity contribution in [3.8, 4) is 5.75 Å². The summed E-state index contributed by atoms with van der Waals surface area (Å²) in [5, 5.41) is 14.3.